The number of piperazine rings is 1. The van der Waals surface area contributed by atoms with E-state index in [9.17, 15) is 9.90 Å². The second-order valence-electron chi connectivity index (χ2n) is 9.87. The topological polar surface area (TPSA) is 74.1 Å². The fraction of sp³-hybridized carbons (Fsp3) is 0.407. The molecule has 8 heteroatoms. The molecule has 3 aliphatic rings. The summed E-state index contributed by atoms with van der Waals surface area (Å²) in [6.45, 7) is 6.60. The van der Waals surface area contributed by atoms with E-state index in [1.54, 1.807) is 18.2 Å². The van der Waals surface area contributed by atoms with Gasteiger partial charge in [-0.1, -0.05) is 6.07 Å². The Morgan fingerprint density at radius 3 is 2.57 bits per heavy atom. The Morgan fingerprint density at radius 2 is 1.83 bits per heavy atom. The van der Waals surface area contributed by atoms with Crippen molar-refractivity contribution in [3.8, 4) is 11.5 Å². The van der Waals surface area contributed by atoms with Crippen LogP contribution in [0.3, 0.4) is 0 Å². The van der Waals surface area contributed by atoms with Crippen LogP contribution in [0.2, 0.25) is 0 Å². The number of benzene rings is 1. The number of phenolic OH excluding ortho intramolecular Hbond substituents is 1. The van der Waals surface area contributed by atoms with Crippen LogP contribution < -0.4 is 9.64 Å². The third kappa shape index (κ3) is 3.86. The number of carbonyl (C=O) groups is 1. The number of anilines is 1. The third-order valence-electron chi connectivity index (χ3n) is 7.69. The van der Waals surface area contributed by atoms with Gasteiger partial charge in [0.05, 0.1) is 0 Å². The molecule has 0 unspecified atom stereocenters. The summed E-state index contributed by atoms with van der Waals surface area (Å²) in [6, 6.07) is 7.61. The SMILES string of the molecule is CN1CCN(C2CCN(c3ccnc4c3c(C=C3Oc5cccc(O)c5C3=O)cn4C)CC2)CC1. The number of nitrogens with zero attached hydrogens (tertiary/aromatic N) is 5. The van der Waals surface area contributed by atoms with Crippen LogP contribution >= 0.6 is 0 Å². The minimum Gasteiger partial charge on any atom is -0.507 e. The first-order valence-electron chi connectivity index (χ1n) is 12.4. The van der Waals surface area contributed by atoms with Crippen LogP contribution in [0.1, 0.15) is 28.8 Å². The summed E-state index contributed by atoms with van der Waals surface area (Å²) < 4.78 is 7.83. The molecule has 3 aliphatic heterocycles. The average molecular weight is 474 g/mol. The molecule has 35 heavy (non-hydrogen) atoms. The van der Waals surface area contributed by atoms with Crippen LogP contribution in [0.25, 0.3) is 17.1 Å². The maximum Gasteiger partial charge on any atom is 0.235 e. The van der Waals surface area contributed by atoms with E-state index in [1.165, 1.54) is 6.07 Å². The summed E-state index contributed by atoms with van der Waals surface area (Å²) in [7, 11) is 4.17. The number of hydrogen-bond donors (Lipinski definition) is 1. The highest BCUT2D eigenvalue weighted by Crippen LogP contribution is 2.39. The van der Waals surface area contributed by atoms with E-state index >= 15 is 0 Å². The van der Waals surface area contributed by atoms with Gasteiger partial charge in [-0.05, 0) is 44.2 Å². The van der Waals surface area contributed by atoms with E-state index in [0.717, 1.165) is 74.4 Å². The number of rotatable bonds is 3. The van der Waals surface area contributed by atoms with E-state index in [-0.39, 0.29) is 22.9 Å². The minimum absolute atomic E-state index is 0.0561. The van der Waals surface area contributed by atoms with Crippen molar-refractivity contribution in [2.45, 2.75) is 18.9 Å². The van der Waals surface area contributed by atoms with E-state index < -0.39 is 0 Å². The number of likely N-dealkylation sites (N-methyl/N-ethyl adjacent to an activating group) is 1. The van der Waals surface area contributed by atoms with E-state index in [1.807, 2.05) is 24.0 Å². The van der Waals surface area contributed by atoms with Gasteiger partial charge >= 0.3 is 0 Å². The molecule has 5 heterocycles. The van der Waals surface area contributed by atoms with Crippen molar-refractivity contribution in [2.24, 2.45) is 7.05 Å². The van der Waals surface area contributed by atoms with Gasteiger partial charge in [-0.25, -0.2) is 4.98 Å². The lowest BCUT2D eigenvalue weighted by molar-refractivity contribution is 0.0982. The predicted molar refractivity (Wildman–Crippen MR) is 136 cm³/mol. The molecule has 2 fully saturated rings. The number of carbonyl (C=O) groups excluding carboxylic acids is 1. The van der Waals surface area contributed by atoms with Gasteiger partial charge in [-0.15, -0.1) is 0 Å². The summed E-state index contributed by atoms with van der Waals surface area (Å²) >= 11 is 0. The number of aromatic nitrogens is 2. The first-order chi connectivity index (χ1) is 17.0. The summed E-state index contributed by atoms with van der Waals surface area (Å²) in [5, 5.41) is 11.2. The number of hydrogen-bond acceptors (Lipinski definition) is 7. The normalized spacial score (nSPS) is 21.1. The molecule has 2 saturated heterocycles. The number of ether oxygens (including phenoxy) is 1. The Labute approximate surface area is 205 Å². The molecule has 0 radical (unpaired) electrons. The number of ketones is 1. The van der Waals surface area contributed by atoms with E-state index in [0.29, 0.717) is 11.8 Å². The molecule has 0 atom stereocenters. The molecule has 2 aromatic heterocycles. The lowest BCUT2D eigenvalue weighted by atomic mass is 10.0. The molecular weight excluding hydrogens is 442 g/mol. The highest BCUT2D eigenvalue weighted by Gasteiger charge is 2.31. The van der Waals surface area contributed by atoms with Gasteiger partial charge in [0.2, 0.25) is 5.78 Å². The summed E-state index contributed by atoms with van der Waals surface area (Å²) in [5.74, 6) is 0.260. The molecule has 1 aromatic carbocycles. The second kappa shape index (κ2) is 8.70. The number of aromatic hydroxyl groups is 1. The maximum absolute atomic E-state index is 13.0. The highest BCUT2D eigenvalue weighted by molar-refractivity contribution is 6.17. The van der Waals surface area contributed by atoms with Crippen molar-refractivity contribution < 1.29 is 14.6 Å². The van der Waals surface area contributed by atoms with Gasteiger partial charge in [0.1, 0.15) is 22.7 Å². The molecule has 3 aromatic rings. The number of pyridine rings is 1. The van der Waals surface area contributed by atoms with Gasteiger partial charge in [-0.3, -0.25) is 9.69 Å². The van der Waals surface area contributed by atoms with Crippen LogP contribution in [0.5, 0.6) is 11.5 Å². The van der Waals surface area contributed by atoms with Crippen molar-refractivity contribution in [3.05, 3.63) is 53.5 Å². The molecule has 0 bridgehead atoms. The third-order valence-corrected chi connectivity index (χ3v) is 7.69. The van der Waals surface area contributed by atoms with Gasteiger partial charge in [0.15, 0.2) is 5.76 Å². The molecule has 0 saturated carbocycles. The quantitative estimate of drug-likeness (QED) is 0.586. The highest BCUT2D eigenvalue weighted by atomic mass is 16.5. The van der Waals surface area contributed by atoms with Crippen molar-refractivity contribution in [3.63, 3.8) is 0 Å². The zero-order valence-corrected chi connectivity index (χ0v) is 20.3. The van der Waals surface area contributed by atoms with Crippen LogP contribution in [-0.4, -0.2) is 82.6 Å². The van der Waals surface area contributed by atoms with Gasteiger partial charge in [0.25, 0.3) is 0 Å². The maximum atomic E-state index is 13.0. The Bertz CT molecular complexity index is 1310. The van der Waals surface area contributed by atoms with Crippen LogP contribution in [-0.2, 0) is 7.05 Å². The second-order valence-corrected chi connectivity index (χ2v) is 9.87. The Balaban J connectivity index is 1.29. The number of piperidine rings is 1. The molecular formula is C27H31N5O3. The number of aryl methyl sites for hydroxylation is 1. The standard InChI is InChI=1S/C27H31N5O3/c1-29-12-14-31(15-13-29)19-7-10-32(11-8-19)20-6-9-28-27-24(20)18(17-30(27)2)16-23-26(34)25-21(33)4-3-5-22(25)35-23/h3-6,9,16-17,19,33H,7-8,10-15H2,1-2H3. The monoisotopic (exact) mass is 473 g/mol. The fourth-order valence-corrected chi connectivity index (χ4v) is 5.71. The van der Waals surface area contributed by atoms with E-state index in [2.05, 4.69) is 32.8 Å². The van der Waals surface area contributed by atoms with Gasteiger partial charge in [0, 0.05) is 81.4 Å². The zero-order valence-electron chi connectivity index (χ0n) is 20.3. The molecule has 0 aliphatic carbocycles. The van der Waals surface area contributed by atoms with Crippen molar-refractivity contribution in [2.75, 3.05) is 51.2 Å². The fourth-order valence-electron chi connectivity index (χ4n) is 5.71. The predicted octanol–water partition coefficient (Wildman–Crippen LogP) is 3.11. The smallest absolute Gasteiger partial charge is 0.235 e. The van der Waals surface area contributed by atoms with E-state index in [4.69, 9.17) is 4.74 Å². The van der Waals surface area contributed by atoms with Crippen LogP contribution in [0, 0.1) is 0 Å². The average Bonchev–Trinajstić information content (AvgIpc) is 3.37. The Hall–Kier alpha value is -3.36. The molecule has 1 N–H and O–H groups in total. The van der Waals surface area contributed by atoms with Gasteiger partial charge in [-0.2, -0.15) is 0 Å². The molecule has 182 valence electrons. The lowest BCUT2D eigenvalue weighted by Crippen LogP contribution is -2.52. The largest absolute Gasteiger partial charge is 0.507 e. The van der Waals surface area contributed by atoms with Crippen molar-refractivity contribution >= 4 is 28.6 Å². The first kappa shape index (κ1) is 22.1. The molecule has 0 spiro atoms. The Kier molecular flexibility index (Phi) is 5.50. The molecule has 0 amide bonds. The summed E-state index contributed by atoms with van der Waals surface area (Å²) in [6.07, 6.45) is 7.93. The number of phenols is 1. The lowest BCUT2D eigenvalue weighted by Gasteiger charge is -2.42. The van der Waals surface area contributed by atoms with Crippen LogP contribution in [0.15, 0.2) is 42.4 Å². The summed E-state index contributed by atoms with van der Waals surface area (Å²) in [5.41, 5.74) is 3.14. The number of Topliss-reactive ketones (excluding diaryl/α,β-unsaturated/α-hetero) is 1. The molecule has 6 rings (SSSR count). The zero-order chi connectivity index (χ0) is 24.1. The van der Waals surface area contributed by atoms with Crippen LogP contribution in [0.4, 0.5) is 5.69 Å². The van der Waals surface area contributed by atoms with Gasteiger partial charge < -0.3 is 24.2 Å². The van der Waals surface area contributed by atoms with Crippen molar-refractivity contribution in [1.82, 2.24) is 19.4 Å². The number of allylic oxidation sites excluding steroid dienone is 1. The number of fused-ring (bicyclic) bond motifs is 2. The minimum atomic E-state index is -0.298. The molecule has 8 nitrogen and oxygen atoms in total. The van der Waals surface area contributed by atoms with Crippen molar-refractivity contribution in [1.29, 1.82) is 0 Å². The Morgan fingerprint density at radius 1 is 1.06 bits per heavy atom. The summed E-state index contributed by atoms with van der Waals surface area (Å²) in [4.78, 5) is 25.1. The first-order valence-corrected chi connectivity index (χ1v) is 12.4.